The second-order valence-corrected chi connectivity index (χ2v) is 8.69. The van der Waals surface area contributed by atoms with E-state index < -0.39 is 32.6 Å². The molecule has 0 aliphatic carbocycles. The Balaban J connectivity index is 1.65. The molecule has 7 heteroatoms. The molecule has 138 valence electrons. The van der Waals surface area contributed by atoms with Crippen LogP contribution in [0, 0.1) is 11.6 Å². The van der Waals surface area contributed by atoms with E-state index in [1.54, 1.807) is 24.3 Å². The molecular formula is C19H19F2NO3S. The minimum Gasteiger partial charge on any atom is -0.338 e. The number of hydrogen-bond acceptors (Lipinski definition) is 3. The lowest BCUT2D eigenvalue weighted by Gasteiger charge is -2.32. The number of piperidine rings is 1. The predicted octanol–water partition coefficient (Wildman–Crippen LogP) is 3.18. The van der Waals surface area contributed by atoms with E-state index in [9.17, 15) is 22.0 Å². The van der Waals surface area contributed by atoms with Gasteiger partial charge >= 0.3 is 0 Å². The normalized spacial score (nSPS) is 15.8. The Bertz CT molecular complexity index is 892. The first-order valence-electron chi connectivity index (χ1n) is 8.36. The highest BCUT2D eigenvalue weighted by Gasteiger charge is 2.32. The number of rotatable bonds is 4. The number of halogens is 2. The van der Waals surface area contributed by atoms with Crippen molar-refractivity contribution < 1.29 is 22.0 Å². The number of amides is 1. The predicted molar refractivity (Wildman–Crippen MR) is 94.3 cm³/mol. The molecule has 1 fully saturated rings. The van der Waals surface area contributed by atoms with Crippen LogP contribution in [0.3, 0.4) is 0 Å². The monoisotopic (exact) mass is 379 g/mol. The molecule has 1 aliphatic rings. The highest BCUT2D eigenvalue weighted by Crippen LogP contribution is 2.23. The first kappa shape index (κ1) is 18.5. The van der Waals surface area contributed by atoms with Gasteiger partial charge in [0.05, 0.1) is 16.6 Å². The number of sulfone groups is 1. The first-order chi connectivity index (χ1) is 12.4. The third kappa shape index (κ3) is 4.09. The van der Waals surface area contributed by atoms with Crippen LogP contribution in [-0.2, 0) is 15.6 Å². The van der Waals surface area contributed by atoms with Gasteiger partial charge in [-0.05, 0) is 36.6 Å². The van der Waals surface area contributed by atoms with Crippen molar-refractivity contribution in [2.24, 2.45) is 0 Å². The van der Waals surface area contributed by atoms with E-state index in [0.29, 0.717) is 0 Å². The molecule has 0 N–H and O–H groups in total. The second kappa shape index (κ2) is 7.53. The average molecular weight is 379 g/mol. The molecule has 0 aromatic heterocycles. The Labute approximate surface area is 151 Å². The highest BCUT2D eigenvalue weighted by atomic mass is 32.2. The zero-order valence-electron chi connectivity index (χ0n) is 14.1. The van der Waals surface area contributed by atoms with Crippen molar-refractivity contribution in [3.63, 3.8) is 0 Å². The molecule has 26 heavy (non-hydrogen) atoms. The molecule has 1 amide bonds. The Morgan fingerprint density at radius 2 is 1.69 bits per heavy atom. The lowest BCUT2D eigenvalue weighted by Crippen LogP contribution is -2.43. The van der Waals surface area contributed by atoms with Crippen LogP contribution in [0.4, 0.5) is 8.78 Å². The van der Waals surface area contributed by atoms with Gasteiger partial charge in [-0.25, -0.2) is 17.2 Å². The summed E-state index contributed by atoms with van der Waals surface area (Å²) in [5.74, 6) is -2.11. The van der Waals surface area contributed by atoms with Gasteiger partial charge in [0.1, 0.15) is 11.6 Å². The number of hydrogen-bond donors (Lipinski definition) is 0. The van der Waals surface area contributed by atoms with Crippen LogP contribution in [-0.4, -0.2) is 37.6 Å². The molecule has 0 atom stereocenters. The zero-order valence-corrected chi connectivity index (χ0v) is 14.9. The zero-order chi connectivity index (χ0) is 18.7. The van der Waals surface area contributed by atoms with Gasteiger partial charge in [-0.1, -0.05) is 30.3 Å². The van der Waals surface area contributed by atoms with E-state index in [2.05, 4.69) is 0 Å². The van der Waals surface area contributed by atoms with E-state index >= 15 is 0 Å². The maximum atomic E-state index is 13.8. The smallest absolute Gasteiger partial charge is 0.256 e. The molecule has 1 saturated heterocycles. The van der Waals surface area contributed by atoms with Gasteiger partial charge in [0.15, 0.2) is 9.84 Å². The quantitative estimate of drug-likeness (QED) is 0.820. The van der Waals surface area contributed by atoms with Crippen molar-refractivity contribution in [2.45, 2.75) is 23.8 Å². The van der Waals surface area contributed by atoms with Gasteiger partial charge in [0.2, 0.25) is 0 Å². The highest BCUT2D eigenvalue weighted by molar-refractivity contribution is 7.91. The molecule has 2 aromatic carbocycles. The fourth-order valence-electron chi connectivity index (χ4n) is 3.17. The van der Waals surface area contributed by atoms with Crippen LogP contribution in [0.2, 0.25) is 0 Å². The van der Waals surface area contributed by atoms with Crippen molar-refractivity contribution >= 4 is 15.7 Å². The van der Waals surface area contributed by atoms with E-state index in [1.165, 1.54) is 4.90 Å². The molecular weight excluding hydrogens is 360 g/mol. The largest absolute Gasteiger partial charge is 0.338 e. The van der Waals surface area contributed by atoms with E-state index in [-0.39, 0.29) is 37.2 Å². The van der Waals surface area contributed by atoms with Crippen molar-refractivity contribution in [1.82, 2.24) is 4.90 Å². The number of carbonyl (C=O) groups is 1. The summed E-state index contributed by atoms with van der Waals surface area (Å²) < 4.78 is 52.2. The number of benzene rings is 2. The van der Waals surface area contributed by atoms with Gasteiger partial charge in [0, 0.05) is 13.1 Å². The van der Waals surface area contributed by atoms with Crippen molar-refractivity contribution in [3.8, 4) is 0 Å². The fraction of sp³-hybridized carbons (Fsp3) is 0.316. The Hall–Kier alpha value is -2.28. The fourth-order valence-corrected chi connectivity index (χ4v) is 5.00. The van der Waals surface area contributed by atoms with E-state index in [4.69, 9.17) is 0 Å². The van der Waals surface area contributed by atoms with Gasteiger partial charge in [-0.2, -0.15) is 0 Å². The first-order valence-corrected chi connectivity index (χ1v) is 10.1. The van der Waals surface area contributed by atoms with E-state index in [0.717, 1.165) is 23.8 Å². The van der Waals surface area contributed by atoms with Gasteiger partial charge in [-0.15, -0.1) is 0 Å². The minimum absolute atomic E-state index is 0.0367. The maximum Gasteiger partial charge on any atom is 0.256 e. The standard InChI is InChI=1S/C19H19F2NO3S/c20-15-6-7-18(21)17(12-15)19(23)22-10-8-16(9-11-22)26(24,25)13-14-4-2-1-3-5-14/h1-7,12,16H,8-11,13H2. The second-order valence-electron chi connectivity index (χ2n) is 6.41. The van der Waals surface area contributed by atoms with Gasteiger partial charge in [-0.3, -0.25) is 4.79 Å². The molecule has 0 saturated carbocycles. The molecule has 1 aliphatic heterocycles. The van der Waals surface area contributed by atoms with Crippen LogP contribution >= 0.6 is 0 Å². The molecule has 4 nitrogen and oxygen atoms in total. The number of carbonyl (C=O) groups excluding carboxylic acids is 1. The Kier molecular flexibility index (Phi) is 5.36. The van der Waals surface area contributed by atoms with Crippen LogP contribution < -0.4 is 0 Å². The summed E-state index contributed by atoms with van der Waals surface area (Å²) in [6.07, 6.45) is 0.579. The molecule has 2 aromatic rings. The lowest BCUT2D eigenvalue weighted by atomic mass is 10.1. The molecule has 0 bridgehead atoms. The molecule has 3 rings (SSSR count). The summed E-state index contributed by atoms with van der Waals surface area (Å²) in [7, 11) is -3.34. The van der Waals surface area contributed by atoms with Crippen molar-refractivity contribution in [2.75, 3.05) is 13.1 Å². The SMILES string of the molecule is O=C(c1cc(F)ccc1F)N1CCC(S(=O)(=O)Cc2ccccc2)CC1. The minimum atomic E-state index is -3.34. The summed E-state index contributed by atoms with van der Waals surface area (Å²) in [5, 5.41) is -0.538. The van der Waals surface area contributed by atoms with E-state index in [1.807, 2.05) is 6.07 Å². The average Bonchev–Trinajstić information content (AvgIpc) is 2.64. The van der Waals surface area contributed by atoms with Crippen LogP contribution in [0.25, 0.3) is 0 Å². The molecule has 0 spiro atoms. The van der Waals surface area contributed by atoms with Crippen LogP contribution in [0.5, 0.6) is 0 Å². The van der Waals surface area contributed by atoms with Gasteiger partial charge < -0.3 is 4.90 Å². The maximum absolute atomic E-state index is 13.8. The lowest BCUT2D eigenvalue weighted by molar-refractivity contribution is 0.0720. The van der Waals surface area contributed by atoms with Crippen LogP contribution in [0.15, 0.2) is 48.5 Å². The summed E-state index contributed by atoms with van der Waals surface area (Å²) in [4.78, 5) is 13.8. The van der Waals surface area contributed by atoms with Gasteiger partial charge in [0.25, 0.3) is 5.91 Å². The molecule has 1 heterocycles. The summed E-state index contributed by atoms with van der Waals surface area (Å²) in [5.41, 5.74) is 0.406. The van der Waals surface area contributed by atoms with Crippen molar-refractivity contribution in [1.29, 1.82) is 0 Å². The number of likely N-dealkylation sites (tertiary alicyclic amines) is 1. The summed E-state index contributed by atoms with van der Waals surface area (Å²) >= 11 is 0. The Morgan fingerprint density at radius 1 is 1.04 bits per heavy atom. The molecule has 0 unspecified atom stereocenters. The Morgan fingerprint density at radius 3 is 2.35 bits per heavy atom. The summed E-state index contributed by atoms with van der Waals surface area (Å²) in [6, 6.07) is 11.7. The third-order valence-electron chi connectivity index (χ3n) is 4.61. The van der Waals surface area contributed by atoms with Crippen LogP contribution in [0.1, 0.15) is 28.8 Å². The summed E-state index contributed by atoms with van der Waals surface area (Å²) in [6.45, 7) is 0.404. The number of nitrogens with zero attached hydrogens (tertiary/aromatic N) is 1. The third-order valence-corrected chi connectivity index (χ3v) is 6.83. The topological polar surface area (TPSA) is 54.5 Å². The molecule has 0 radical (unpaired) electrons. The van der Waals surface area contributed by atoms with Crippen molar-refractivity contribution in [3.05, 3.63) is 71.3 Å².